The van der Waals surface area contributed by atoms with Crippen molar-refractivity contribution in [1.29, 1.82) is 0 Å². The van der Waals surface area contributed by atoms with Crippen LogP contribution >= 0.6 is 15.9 Å². The average molecular weight is 328 g/mol. The Kier molecular flexibility index (Phi) is 7.66. The predicted octanol–water partition coefficient (Wildman–Crippen LogP) is 4.55. The van der Waals surface area contributed by atoms with Crippen molar-refractivity contribution in [2.24, 2.45) is 5.92 Å². The first kappa shape index (κ1) is 16.7. The van der Waals surface area contributed by atoms with E-state index in [1.807, 2.05) is 0 Å². The molecule has 2 nitrogen and oxygen atoms in total. The summed E-state index contributed by atoms with van der Waals surface area (Å²) < 4.78 is 7.31. The summed E-state index contributed by atoms with van der Waals surface area (Å²) in [6.07, 6.45) is 1.53. The number of nitrogens with one attached hydrogen (secondary N) is 1. The van der Waals surface area contributed by atoms with E-state index >= 15 is 0 Å². The van der Waals surface area contributed by atoms with E-state index in [2.05, 4.69) is 73.2 Å². The molecule has 3 heteroatoms. The molecule has 2 unspecified atom stereocenters. The molecule has 1 aromatic carbocycles. The second-order valence-corrected chi connectivity index (χ2v) is 6.25. The fourth-order valence-corrected chi connectivity index (χ4v) is 2.01. The van der Waals surface area contributed by atoms with Crippen molar-refractivity contribution >= 4 is 15.9 Å². The van der Waals surface area contributed by atoms with Crippen LogP contribution in [0.4, 0.5) is 0 Å². The first-order chi connectivity index (χ1) is 9.04. The van der Waals surface area contributed by atoms with Gasteiger partial charge in [0.25, 0.3) is 0 Å². The minimum atomic E-state index is 0.122. The van der Waals surface area contributed by atoms with E-state index in [1.165, 1.54) is 5.56 Å². The van der Waals surface area contributed by atoms with E-state index in [-0.39, 0.29) is 12.2 Å². The average Bonchev–Trinajstić information content (AvgIpc) is 2.38. The molecule has 0 aliphatic heterocycles. The fourth-order valence-electron chi connectivity index (χ4n) is 1.75. The molecule has 2 atom stereocenters. The molecule has 0 saturated carbocycles. The van der Waals surface area contributed by atoms with Gasteiger partial charge in [0.1, 0.15) is 0 Å². The maximum atomic E-state index is 6.21. The summed E-state index contributed by atoms with van der Waals surface area (Å²) in [7, 11) is 0. The lowest BCUT2D eigenvalue weighted by molar-refractivity contribution is -0.0258. The maximum Gasteiger partial charge on any atom is 0.0952 e. The van der Waals surface area contributed by atoms with Gasteiger partial charge < -0.3 is 10.1 Å². The van der Waals surface area contributed by atoms with Gasteiger partial charge in [-0.2, -0.15) is 0 Å². The van der Waals surface area contributed by atoms with Gasteiger partial charge in [0.2, 0.25) is 0 Å². The Morgan fingerprint density at radius 2 is 1.79 bits per heavy atom. The van der Waals surface area contributed by atoms with Gasteiger partial charge in [-0.15, -0.1) is 0 Å². The highest BCUT2D eigenvalue weighted by molar-refractivity contribution is 9.10. The zero-order chi connectivity index (χ0) is 14.3. The van der Waals surface area contributed by atoms with E-state index in [9.17, 15) is 0 Å². The predicted molar refractivity (Wildman–Crippen MR) is 85.4 cm³/mol. The Morgan fingerprint density at radius 1 is 1.16 bits per heavy atom. The first-order valence-electron chi connectivity index (χ1n) is 7.16. The fraction of sp³-hybridized carbons (Fsp3) is 0.625. The highest BCUT2D eigenvalue weighted by Crippen LogP contribution is 2.23. The number of benzene rings is 1. The first-order valence-corrected chi connectivity index (χ1v) is 7.95. The Hall–Kier alpha value is -0.380. The highest BCUT2D eigenvalue weighted by Gasteiger charge is 2.17. The van der Waals surface area contributed by atoms with E-state index in [0.717, 1.165) is 24.0 Å². The third-order valence-electron chi connectivity index (χ3n) is 3.32. The number of ether oxygens (including phenoxy) is 1. The van der Waals surface area contributed by atoms with Gasteiger partial charge in [-0.3, -0.25) is 0 Å². The van der Waals surface area contributed by atoms with Crippen LogP contribution in [0.3, 0.4) is 0 Å². The number of halogens is 1. The van der Waals surface area contributed by atoms with E-state index in [1.54, 1.807) is 0 Å². The molecule has 1 N–H and O–H groups in total. The van der Waals surface area contributed by atoms with Crippen LogP contribution in [0.5, 0.6) is 0 Å². The summed E-state index contributed by atoms with van der Waals surface area (Å²) in [5.41, 5.74) is 1.24. The molecule has 0 saturated heterocycles. The summed E-state index contributed by atoms with van der Waals surface area (Å²) in [5, 5.41) is 3.46. The minimum Gasteiger partial charge on any atom is -0.369 e. The van der Waals surface area contributed by atoms with Gasteiger partial charge >= 0.3 is 0 Å². The van der Waals surface area contributed by atoms with Crippen LogP contribution in [0, 0.1) is 5.92 Å². The van der Waals surface area contributed by atoms with Gasteiger partial charge in [-0.05, 0) is 43.5 Å². The number of hydrogen-bond donors (Lipinski definition) is 1. The van der Waals surface area contributed by atoms with Crippen molar-refractivity contribution in [1.82, 2.24) is 5.32 Å². The van der Waals surface area contributed by atoms with E-state index < -0.39 is 0 Å². The van der Waals surface area contributed by atoms with E-state index in [4.69, 9.17) is 4.74 Å². The third kappa shape index (κ3) is 6.07. The standard InChI is InChI=1S/C16H26BrNO/c1-5-10-18-11-16(19-13(4)12(2)3)14-6-8-15(17)9-7-14/h6-9,12-13,16,18H,5,10-11H2,1-4H3. The third-order valence-corrected chi connectivity index (χ3v) is 3.84. The molecule has 0 fully saturated rings. The SMILES string of the molecule is CCCNCC(OC(C)C(C)C)c1ccc(Br)cc1. The van der Waals surface area contributed by atoms with Crippen LogP contribution in [0.15, 0.2) is 28.7 Å². The summed E-state index contributed by atoms with van der Waals surface area (Å²) in [6.45, 7) is 10.6. The molecule has 0 aromatic heterocycles. The second-order valence-electron chi connectivity index (χ2n) is 5.33. The number of rotatable bonds is 8. The molecule has 0 aliphatic carbocycles. The van der Waals surface area contributed by atoms with Crippen molar-refractivity contribution in [2.75, 3.05) is 13.1 Å². The Morgan fingerprint density at radius 3 is 2.32 bits per heavy atom. The summed E-state index contributed by atoms with van der Waals surface area (Å²) in [4.78, 5) is 0. The van der Waals surface area contributed by atoms with Crippen LogP contribution in [-0.4, -0.2) is 19.2 Å². The smallest absolute Gasteiger partial charge is 0.0952 e. The largest absolute Gasteiger partial charge is 0.369 e. The lowest BCUT2D eigenvalue weighted by Crippen LogP contribution is -2.28. The van der Waals surface area contributed by atoms with Crippen molar-refractivity contribution in [2.45, 2.75) is 46.3 Å². The van der Waals surface area contributed by atoms with E-state index in [0.29, 0.717) is 5.92 Å². The molecule has 19 heavy (non-hydrogen) atoms. The highest BCUT2D eigenvalue weighted by atomic mass is 79.9. The second kappa shape index (κ2) is 8.72. The zero-order valence-electron chi connectivity index (χ0n) is 12.4. The van der Waals surface area contributed by atoms with Crippen molar-refractivity contribution in [3.05, 3.63) is 34.3 Å². The molecule has 0 heterocycles. The molecule has 0 aliphatic rings. The number of hydrogen-bond acceptors (Lipinski definition) is 2. The lowest BCUT2D eigenvalue weighted by atomic mass is 10.1. The topological polar surface area (TPSA) is 21.3 Å². The molecule has 0 bridgehead atoms. The van der Waals surface area contributed by atoms with Crippen molar-refractivity contribution in [3.63, 3.8) is 0 Å². The molecular formula is C16H26BrNO. The van der Waals surface area contributed by atoms with Gasteiger partial charge in [0.05, 0.1) is 12.2 Å². The zero-order valence-corrected chi connectivity index (χ0v) is 14.0. The van der Waals surface area contributed by atoms with Crippen molar-refractivity contribution < 1.29 is 4.74 Å². The van der Waals surface area contributed by atoms with Crippen LogP contribution in [0.1, 0.15) is 45.8 Å². The minimum absolute atomic E-state index is 0.122. The van der Waals surface area contributed by atoms with Gasteiger partial charge in [0, 0.05) is 11.0 Å². The van der Waals surface area contributed by atoms with Crippen molar-refractivity contribution in [3.8, 4) is 0 Å². The molecule has 0 amide bonds. The van der Waals surface area contributed by atoms with Crippen LogP contribution < -0.4 is 5.32 Å². The normalized spacial score (nSPS) is 14.6. The summed E-state index contributed by atoms with van der Waals surface area (Å²) in [6, 6.07) is 8.42. The monoisotopic (exact) mass is 327 g/mol. The van der Waals surface area contributed by atoms with Gasteiger partial charge in [-0.1, -0.05) is 48.8 Å². The maximum absolute atomic E-state index is 6.21. The molecule has 108 valence electrons. The molecule has 0 spiro atoms. The summed E-state index contributed by atoms with van der Waals surface area (Å²) >= 11 is 3.48. The Labute approximate surface area is 126 Å². The quantitative estimate of drug-likeness (QED) is 0.707. The van der Waals surface area contributed by atoms with Crippen LogP contribution in [0.2, 0.25) is 0 Å². The van der Waals surface area contributed by atoms with Crippen LogP contribution in [0.25, 0.3) is 0 Å². The molecular weight excluding hydrogens is 302 g/mol. The molecule has 0 radical (unpaired) electrons. The Bertz CT molecular complexity index is 350. The molecule has 1 rings (SSSR count). The van der Waals surface area contributed by atoms with Crippen LogP contribution in [-0.2, 0) is 4.74 Å². The van der Waals surface area contributed by atoms with Gasteiger partial charge in [0.15, 0.2) is 0 Å². The molecule has 1 aromatic rings. The Balaban J connectivity index is 2.70. The lowest BCUT2D eigenvalue weighted by Gasteiger charge is -2.25. The van der Waals surface area contributed by atoms with Gasteiger partial charge in [-0.25, -0.2) is 0 Å². The summed E-state index contributed by atoms with van der Waals surface area (Å²) in [5.74, 6) is 0.532.